The molecule has 0 amide bonds. The minimum atomic E-state index is 0.588. The largest absolute Gasteiger partial charge is 0.329 e. The third-order valence-electron chi connectivity index (χ3n) is 5.02. The van der Waals surface area contributed by atoms with Gasteiger partial charge in [0.2, 0.25) is 0 Å². The molecule has 1 fully saturated rings. The summed E-state index contributed by atoms with van der Waals surface area (Å²) in [6.07, 6.45) is 8.43. The molecule has 1 saturated carbocycles. The molecule has 0 radical (unpaired) electrons. The Kier molecular flexibility index (Phi) is 4.19. The summed E-state index contributed by atoms with van der Waals surface area (Å²) in [5.41, 5.74) is 9.15. The van der Waals surface area contributed by atoms with Gasteiger partial charge >= 0.3 is 0 Å². The molecule has 19 heavy (non-hydrogen) atoms. The van der Waals surface area contributed by atoms with Crippen molar-refractivity contribution in [2.24, 2.45) is 11.7 Å². The molecule has 1 atom stereocenters. The van der Waals surface area contributed by atoms with Crippen molar-refractivity contribution in [2.45, 2.75) is 57.7 Å². The molecule has 3 rings (SSSR count). The van der Waals surface area contributed by atoms with E-state index in [0.717, 1.165) is 25.6 Å². The molecular formula is C17H26N2. The lowest BCUT2D eigenvalue weighted by Crippen LogP contribution is -2.42. The molecule has 2 aliphatic rings. The molecule has 1 aromatic rings. The molecule has 1 unspecified atom stereocenters. The summed E-state index contributed by atoms with van der Waals surface area (Å²) in [5, 5.41) is 0. The normalized spacial score (nSPS) is 23.0. The zero-order valence-electron chi connectivity index (χ0n) is 11.9. The van der Waals surface area contributed by atoms with Gasteiger partial charge in [0.1, 0.15) is 0 Å². The molecule has 1 aliphatic carbocycles. The smallest absolute Gasteiger partial charge is 0.0253 e. The predicted octanol–water partition coefficient (Wildman–Crippen LogP) is 3.30. The van der Waals surface area contributed by atoms with Crippen molar-refractivity contribution >= 4 is 0 Å². The Hall–Kier alpha value is -0.860. The fourth-order valence-electron chi connectivity index (χ4n) is 3.93. The predicted molar refractivity (Wildman–Crippen MR) is 79.7 cm³/mol. The first kappa shape index (κ1) is 13.1. The number of hydrogen-bond acceptors (Lipinski definition) is 2. The first-order valence-electron chi connectivity index (χ1n) is 7.89. The second-order valence-electron chi connectivity index (χ2n) is 6.23. The van der Waals surface area contributed by atoms with Gasteiger partial charge in [-0.05, 0) is 29.9 Å². The molecule has 2 nitrogen and oxygen atoms in total. The van der Waals surface area contributed by atoms with E-state index in [4.69, 9.17) is 5.73 Å². The summed E-state index contributed by atoms with van der Waals surface area (Å²) in [6, 6.07) is 9.45. The zero-order valence-corrected chi connectivity index (χ0v) is 11.9. The topological polar surface area (TPSA) is 29.3 Å². The van der Waals surface area contributed by atoms with Crippen LogP contribution < -0.4 is 5.73 Å². The van der Waals surface area contributed by atoms with Crippen LogP contribution in [0.15, 0.2) is 24.3 Å². The Labute approximate surface area is 117 Å². The Morgan fingerprint density at radius 3 is 2.11 bits per heavy atom. The van der Waals surface area contributed by atoms with E-state index in [1.807, 2.05) is 0 Å². The summed E-state index contributed by atoms with van der Waals surface area (Å²) in [5.74, 6) is 0.821. The van der Waals surface area contributed by atoms with Crippen molar-refractivity contribution in [3.8, 4) is 0 Å². The number of nitrogens with zero attached hydrogens (tertiary/aromatic N) is 1. The van der Waals surface area contributed by atoms with Crippen LogP contribution in [0.25, 0.3) is 0 Å². The van der Waals surface area contributed by atoms with Gasteiger partial charge in [-0.2, -0.15) is 0 Å². The fraction of sp³-hybridized carbons (Fsp3) is 0.647. The van der Waals surface area contributed by atoms with Gasteiger partial charge in [0, 0.05) is 25.7 Å². The highest BCUT2D eigenvalue weighted by Gasteiger charge is 2.30. The summed E-state index contributed by atoms with van der Waals surface area (Å²) in [6.45, 7) is 3.03. The lowest BCUT2D eigenvalue weighted by molar-refractivity contribution is 0.135. The molecule has 1 aliphatic heterocycles. The van der Waals surface area contributed by atoms with Crippen molar-refractivity contribution in [2.75, 3.05) is 6.54 Å². The van der Waals surface area contributed by atoms with E-state index < -0.39 is 0 Å². The van der Waals surface area contributed by atoms with Gasteiger partial charge in [-0.25, -0.2) is 0 Å². The Morgan fingerprint density at radius 1 is 1.00 bits per heavy atom. The number of hydrogen-bond donors (Lipinski definition) is 1. The highest BCUT2D eigenvalue weighted by atomic mass is 15.2. The van der Waals surface area contributed by atoms with Gasteiger partial charge in [-0.15, -0.1) is 0 Å². The van der Waals surface area contributed by atoms with Crippen LogP contribution in [-0.4, -0.2) is 17.5 Å². The van der Waals surface area contributed by atoms with Crippen molar-refractivity contribution in [3.63, 3.8) is 0 Å². The van der Waals surface area contributed by atoms with Gasteiger partial charge in [0.15, 0.2) is 0 Å². The van der Waals surface area contributed by atoms with E-state index in [9.17, 15) is 0 Å². The van der Waals surface area contributed by atoms with Crippen LogP contribution in [0, 0.1) is 5.92 Å². The summed E-state index contributed by atoms with van der Waals surface area (Å²) < 4.78 is 0. The third-order valence-corrected chi connectivity index (χ3v) is 5.02. The van der Waals surface area contributed by atoms with Crippen molar-refractivity contribution in [1.29, 1.82) is 0 Å². The van der Waals surface area contributed by atoms with E-state index in [1.165, 1.54) is 49.7 Å². The van der Waals surface area contributed by atoms with E-state index >= 15 is 0 Å². The average Bonchev–Trinajstić information content (AvgIpc) is 2.67. The molecule has 2 heteroatoms. The average molecular weight is 258 g/mol. The van der Waals surface area contributed by atoms with Gasteiger partial charge in [-0.1, -0.05) is 49.9 Å². The van der Waals surface area contributed by atoms with Crippen LogP contribution in [0.5, 0.6) is 0 Å². The van der Waals surface area contributed by atoms with Crippen LogP contribution >= 0.6 is 0 Å². The summed E-state index contributed by atoms with van der Waals surface area (Å²) in [7, 11) is 0. The first-order valence-corrected chi connectivity index (χ1v) is 7.89. The highest BCUT2D eigenvalue weighted by Crippen LogP contribution is 2.32. The maximum atomic E-state index is 6.13. The maximum Gasteiger partial charge on any atom is 0.0253 e. The molecular weight excluding hydrogens is 232 g/mol. The lowest BCUT2D eigenvalue weighted by atomic mass is 9.91. The molecule has 0 spiro atoms. The Balaban J connectivity index is 1.70. The number of rotatable bonds is 3. The summed E-state index contributed by atoms with van der Waals surface area (Å²) >= 11 is 0. The zero-order chi connectivity index (χ0) is 13.1. The quantitative estimate of drug-likeness (QED) is 0.843. The molecule has 0 saturated heterocycles. The second kappa shape index (κ2) is 6.06. The van der Waals surface area contributed by atoms with E-state index in [1.54, 1.807) is 0 Å². The minimum Gasteiger partial charge on any atom is -0.329 e. The molecule has 2 N–H and O–H groups in total. The third kappa shape index (κ3) is 2.85. The fourth-order valence-corrected chi connectivity index (χ4v) is 3.93. The van der Waals surface area contributed by atoms with Crippen molar-refractivity contribution < 1.29 is 0 Å². The van der Waals surface area contributed by atoms with Crippen LogP contribution in [0.4, 0.5) is 0 Å². The monoisotopic (exact) mass is 258 g/mol. The molecule has 104 valence electrons. The van der Waals surface area contributed by atoms with E-state index in [-0.39, 0.29) is 0 Å². The van der Waals surface area contributed by atoms with Gasteiger partial charge < -0.3 is 5.73 Å². The van der Waals surface area contributed by atoms with Crippen LogP contribution in [-0.2, 0) is 13.1 Å². The van der Waals surface area contributed by atoms with Gasteiger partial charge in [-0.3, -0.25) is 4.90 Å². The number of benzene rings is 1. The molecule has 1 aromatic carbocycles. The van der Waals surface area contributed by atoms with Crippen LogP contribution in [0.3, 0.4) is 0 Å². The minimum absolute atomic E-state index is 0.588. The Morgan fingerprint density at radius 2 is 1.58 bits per heavy atom. The molecule has 0 aromatic heterocycles. The van der Waals surface area contributed by atoms with E-state index in [2.05, 4.69) is 29.2 Å². The van der Waals surface area contributed by atoms with E-state index in [0.29, 0.717) is 6.04 Å². The van der Waals surface area contributed by atoms with Gasteiger partial charge in [0.05, 0.1) is 0 Å². The molecule has 0 bridgehead atoms. The first-order chi connectivity index (χ1) is 9.38. The standard InChI is InChI=1S/C17H26N2/c18-11-17(14-7-3-1-2-4-8-14)19-12-15-9-5-6-10-16(15)13-19/h5-6,9-10,14,17H,1-4,7-8,11-13,18H2. The van der Waals surface area contributed by atoms with Gasteiger partial charge in [0.25, 0.3) is 0 Å². The highest BCUT2D eigenvalue weighted by molar-refractivity contribution is 5.30. The number of nitrogens with two attached hydrogens (primary N) is 1. The maximum absolute atomic E-state index is 6.13. The SMILES string of the molecule is NCC(C1CCCCCC1)N1Cc2ccccc2C1. The van der Waals surface area contributed by atoms with Crippen molar-refractivity contribution in [1.82, 2.24) is 4.90 Å². The molecule has 1 heterocycles. The van der Waals surface area contributed by atoms with Crippen LogP contribution in [0.1, 0.15) is 49.7 Å². The van der Waals surface area contributed by atoms with Crippen molar-refractivity contribution in [3.05, 3.63) is 35.4 Å². The second-order valence-corrected chi connectivity index (χ2v) is 6.23. The van der Waals surface area contributed by atoms with Crippen LogP contribution in [0.2, 0.25) is 0 Å². The Bertz CT molecular complexity index is 382. The summed E-state index contributed by atoms with van der Waals surface area (Å²) in [4.78, 5) is 2.63. The lowest BCUT2D eigenvalue weighted by Gasteiger charge is -2.33. The number of fused-ring (bicyclic) bond motifs is 1.